The number of rotatable bonds is 1. The van der Waals surface area contributed by atoms with Crippen molar-refractivity contribution >= 4 is 39.1 Å². The van der Waals surface area contributed by atoms with Gasteiger partial charge in [-0.2, -0.15) is 0 Å². The smallest absolute Gasteiger partial charge is 0.234 e. The average Bonchev–Trinajstić information content (AvgIpc) is 2.48. The predicted molar refractivity (Wildman–Crippen MR) is 60.3 cm³/mol. The van der Waals surface area contributed by atoms with Crippen molar-refractivity contribution in [2.45, 2.75) is 12.8 Å². The van der Waals surface area contributed by atoms with E-state index in [0.29, 0.717) is 15.8 Å². The maximum absolute atomic E-state index is 11.5. The van der Waals surface area contributed by atoms with E-state index in [2.05, 4.69) is 15.9 Å². The molecule has 1 aromatic rings. The van der Waals surface area contributed by atoms with E-state index >= 15 is 0 Å². The lowest BCUT2D eigenvalue weighted by Gasteiger charge is -2.15. The average molecular weight is 269 g/mol. The van der Waals surface area contributed by atoms with E-state index < -0.39 is 0 Å². The molecule has 2 N–H and O–H groups in total. The van der Waals surface area contributed by atoms with Crippen LogP contribution < -0.4 is 10.6 Å². The van der Waals surface area contributed by atoms with Gasteiger partial charge in [0, 0.05) is 23.0 Å². The van der Waals surface area contributed by atoms with Gasteiger partial charge in [-0.25, -0.2) is 4.90 Å². The lowest BCUT2D eigenvalue weighted by molar-refractivity contribution is -0.121. The third kappa shape index (κ3) is 1.74. The highest BCUT2D eigenvalue weighted by Gasteiger charge is 2.31. The monoisotopic (exact) mass is 268 g/mol. The van der Waals surface area contributed by atoms with Gasteiger partial charge in [0.05, 0.1) is 5.69 Å². The van der Waals surface area contributed by atoms with Crippen molar-refractivity contribution in [2.24, 2.45) is 0 Å². The van der Waals surface area contributed by atoms with Crippen LogP contribution in [0.2, 0.25) is 0 Å². The second-order valence-electron chi connectivity index (χ2n) is 3.33. The summed E-state index contributed by atoms with van der Waals surface area (Å²) in [6.45, 7) is 0. The molecule has 0 unspecified atom stereocenters. The second-order valence-corrected chi connectivity index (χ2v) is 4.19. The molecule has 0 aliphatic carbocycles. The number of nitrogens with zero attached hydrogens (tertiary/aromatic N) is 1. The maximum atomic E-state index is 11.5. The first-order valence-corrected chi connectivity index (χ1v) is 5.29. The van der Waals surface area contributed by atoms with Gasteiger partial charge in [-0.3, -0.25) is 9.59 Å². The third-order valence-corrected chi connectivity index (χ3v) is 2.90. The summed E-state index contributed by atoms with van der Waals surface area (Å²) in [6.07, 6.45) is 0.575. The topological polar surface area (TPSA) is 63.4 Å². The van der Waals surface area contributed by atoms with Crippen molar-refractivity contribution in [1.29, 1.82) is 0 Å². The number of hydrogen-bond donors (Lipinski definition) is 1. The number of nitrogens with two attached hydrogens (primary N) is 1. The van der Waals surface area contributed by atoms with E-state index in [4.69, 9.17) is 5.73 Å². The molecule has 0 aromatic heterocycles. The zero-order chi connectivity index (χ0) is 11.0. The second kappa shape index (κ2) is 3.66. The van der Waals surface area contributed by atoms with Crippen LogP contribution in [0.5, 0.6) is 0 Å². The van der Waals surface area contributed by atoms with Crippen molar-refractivity contribution in [3.05, 3.63) is 22.7 Å². The molecule has 0 atom stereocenters. The molecule has 0 radical (unpaired) electrons. The molecule has 2 rings (SSSR count). The lowest BCUT2D eigenvalue weighted by atomic mass is 10.2. The first-order valence-electron chi connectivity index (χ1n) is 4.50. The minimum atomic E-state index is -0.162. The Labute approximate surface area is 95.2 Å². The Bertz CT molecular complexity index is 429. The number of nitrogen functional groups attached to an aromatic ring is 1. The quantitative estimate of drug-likeness (QED) is 0.623. The van der Waals surface area contributed by atoms with E-state index in [9.17, 15) is 9.59 Å². The zero-order valence-electron chi connectivity index (χ0n) is 7.87. The van der Waals surface area contributed by atoms with Gasteiger partial charge in [0.1, 0.15) is 0 Å². The van der Waals surface area contributed by atoms with Gasteiger partial charge in [-0.1, -0.05) is 0 Å². The summed E-state index contributed by atoms with van der Waals surface area (Å²) in [5, 5.41) is 0. The molecule has 1 saturated heterocycles. The van der Waals surface area contributed by atoms with Crippen molar-refractivity contribution < 1.29 is 9.59 Å². The molecule has 5 heteroatoms. The van der Waals surface area contributed by atoms with E-state index in [1.54, 1.807) is 18.2 Å². The molecule has 4 nitrogen and oxygen atoms in total. The summed E-state index contributed by atoms with van der Waals surface area (Å²) < 4.78 is 0.658. The molecule has 0 spiro atoms. The Hall–Kier alpha value is -1.36. The Morgan fingerprint density at radius 1 is 1.20 bits per heavy atom. The fourth-order valence-corrected chi connectivity index (χ4v) is 2.12. The van der Waals surface area contributed by atoms with Gasteiger partial charge in [0.2, 0.25) is 11.8 Å². The predicted octanol–water partition coefficient (Wildman–Crippen LogP) is 1.68. The minimum Gasteiger partial charge on any atom is -0.399 e. The van der Waals surface area contributed by atoms with Crippen LogP contribution in [0, 0.1) is 0 Å². The van der Waals surface area contributed by atoms with Crippen LogP contribution in [0.4, 0.5) is 11.4 Å². The standard InChI is InChI=1S/C10H9BrN2O2/c11-7-5-6(12)1-2-8(7)13-9(14)3-4-10(13)15/h1-2,5H,3-4,12H2. The van der Waals surface area contributed by atoms with Crippen molar-refractivity contribution in [3.63, 3.8) is 0 Å². The number of halogens is 1. The Kier molecular flexibility index (Phi) is 2.48. The first-order chi connectivity index (χ1) is 7.09. The number of imide groups is 1. The summed E-state index contributed by atoms with van der Waals surface area (Å²) in [7, 11) is 0. The SMILES string of the molecule is Nc1ccc(N2C(=O)CCC2=O)c(Br)c1. The molecule has 0 saturated carbocycles. The summed E-state index contributed by atoms with van der Waals surface area (Å²) in [5.74, 6) is -0.323. The molecular formula is C10H9BrN2O2. The van der Waals surface area contributed by atoms with Crippen LogP contribution in [0.1, 0.15) is 12.8 Å². The van der Waals surface area contributed by atoms with E-state index in [-0.39, 0.29) is 24.7 Å². The van der Waals surface area contributed by atoms with E-state index in [0.717, 1.165) is 0 Å². The molecule has 15 heavy (non-hydrogen) atoms. The summed E-state index contributed by atoms with van der Waals surface area (Å²) in [5.41, 5.74) is 6.73. The number of carbonyl (C=O) groups is 2. The van der Waals surface area contributed by atoms with Crippen LogP contribution in [0.25, 0.3) is 0 Å². The van der Waals surface area contributed by atoms with Gasteiger partial charge in [0.25, 0.3) is 0 Å². The van der Waals surface area contributed by atoms with E-state index in [1.165, 1.54) is 4.90 Å². The molecule has 1 heterocycles. The number of carbonyl (C=O) groups excluding carboxylic acids is 2. The van der Waals surface area contributed by atoms with E-state index in [1.807, 2.05) is 0 Å². The maximum Gasteiger partial charge on any atom is 0.234 e. The van der Waals surface area contributed by atoms with Crippen LogP contribution in [-0.4, -0.2) is 11.8 Å². The molecule has 1 aliphatic heterocycles. The Balaban J connectivity index is 2.45. The molecule has 78 valence electrons. The minimum absolute atomic E-state index is 0.162. The summed E-state index contributed by atoms with van der Waals surface area (Å²) in [6, 6.07) is 5.01. The van der Waals surface area contributed by atoms with Crippen molar-refractivity contribution in [2.75, 3.05) is 10.6 Å². The molecule has 1 aliphatic rings. The molecule has 1 aromatic carbocycles. The number of benzene rings is 1. The number of anilines is 2. The number of amides is 2. The zero-order valence-corrected chi connectivity index (χ0v) is 9.45. The van der Waals surface area contributed by atoms with Crippen LogP contribution in [0.15, 0.2) is 22.7 Å². The summed E-state index contributed by atoms with van der Waals surface area (Å²) >= 11 is 3.29. The Morgan fingerprint density at radius 2 is 1.80 bits per heavy atom. The highest BCUT2D eigenvalue weighted by atomic mass is 79.9. The highest BCUT2D eigenvalue weighted by Crippen LogP contribution is 2.31. The van der Waals surface area contributed by atoms with Crippen LogP contribution in [0.3, 0.4) is 0 Å². The fourth-order valence-electron chi connectivity index (χ4n) is 1.55. The Morgan fingerprint density at radius 3 is 2.33 bits per heavy atom. The molecule has 1 fully saturated rings. The normalized spacial score (nSPS) is 16.2. The lowest BCUT2D eigenvalue weighted by Crippen LogP contribution is -2.28. The van der Waals surface area contributed by atoms with Crippen molar-refractivity contribution in [1.82, 2.24) is 0 Å². The van der Waals surface area contributed by atoms with Crippen molar-refractivity contribution in [3.8, 4) is 0 Å². The third-order valence-electron chi connectivity index (χ3n) is 2.26. The van der Waals surface area contributed by atoms with Gasteiger partial charge in [-0.15, -0.1) is 0 Å². The fraction of sp³-hybridized carbons (Fsp3) is 0.200. The van der Waals surface area contributed by atoms with Gasteiger partial charge < -0.3 is 5.73 Å². The van der Waals surface area contributed by atoms with Gasteiger partial charge in [-0.05, 0) is 34.1 Å². The summed E-state index contributed by atoms with van der Waals surface area (Å²) in [4.78, 5) is 24.1. The molecular weight excluding hydrogens is 260 g/mol. The number of hydrogen-bond acceptors (Lipinski definition) is 3. The van der Waals surface area contributed by atoms with Gasteiger partial charge >= 0.3 is 0 Å². The highest BCUT2D eigenvalue weighted by molar-refractivity contribution is 9.10. The largest absolute Gasteiger partial charge is 0.399 e. The van der Waals surface area contributed by atoms with Gasteiger partial charge in [0.15, 0.2) is 0 Å². The van der Waals surface area contributed by atoms with Crippen LogP contribution in [-0.2, 0) is 9.59 Å². The van der Waals surface area contributed by atoms with Crippen LogP contribution >= 0.6 is 15.9 Å². The first kappa shape index (κ1) is 10.2. The molecule has 0 bridgehead atoms. The molecule has 2 amide bonds.